The number of Topliss-reactive ketones (excluding diaryl/α,β-unsaturated/α-hetero) is 1. The molecular formula is C22H32BNO5. The van der Waals surface area contributed by atoms with E-state index in [-0.39, 0.29) is 18.3 Å². The molecule has 0 bridgehead atoms. The maximum Gasteiger partial charge on any atom is 0.494 e. The summed E-state index contributed by atoms with van der Waals surface area (Å²) in [6.07, 6.45) is 1.41. The van der Waals surface area contributed by atoms with Crippen LogP contribution in [0.25, 0.3) is 0 Å². The molecule has 0 spiro atoms. The molecule has 0 atom stereocenters. The molecule has 7 heteroatoms. The average molecular weight is 401 g/mol. The van der Waals surface area contributed by atoms with Gasteiger partial charge in [-0.3, -0.25) is 14.9 Å². The van der Waals surface area contributed by atoms with E-state index >= 15 is 0 Å². The highest BCUT2D eigenvalue weighted by Crippen LogP contribution is 2.37. The molecule has 1 saturated heterocycles. The van der Waals surface area contributed by atoms with Crippen LogP contribution in [-0.2, 0) is 18.8 Å². The minimum Gasteiger partial charge on any atom is -0.465 e. The van der Waals surface area contributed by atoms with Crippen LogP contribution < -0.4 is 10.8 Å². The van der Waals surface area contributed by atoms with E-state index < -0.39 is 23.9 Å². The van der Waals surface area contributed by atoms with E-state index in [1.165, 1.54) is 0 Å². The molecule has 1 aliphatic heterocycles. The van der Waals surface area contributed by atoms with Crippen LogP contribution in [0.3, 0.4) is 0 Å². The van der Waals surface area contributed by atoms with Gasteiger partial charge in [-0.05, 0) is 77.9 Å². The second-order valence-corrected chi connectivity index (χ2v) is 9.20. The first kappa shape index (κ1) is 22.0. The Labute approximate surface area is 173 Å². The zero-order chi connectivity index (χ0) is 21.6. The van der Waals surface area contributed by atoms with Crippen molar-refractivity contribution in [2.75, 3.05) is 13.2 Å². The van der Waals surface area contributed by atoms with Gasteiger partial charge in [-0.2, -0.15) is 0 Å². The van der Waals surface area contributed by atoms with E-state index in [2.05, 4.69) is 5.32 Å². The lowest BCUT2D eigenvalue weighted by atomic mass is 9.76. The van der Waals surface area contributed by atoms with Crippen LogP contribution >= 0.6 is 0 Å². The molecule has 1 N–H and O–H groups in total. The molecule has 29 heavy (non-hydrogen) atoms. The number of hydrogen-bond donors (Lipinski definition) is 1. The van der Waals surface area contributed by atoms with Crippen molar-refractivity contribution in [3.63, 3.8) is 0 Å². The van der Waals surface area contributed by atoms with Gasteiger partial charge in [0.2, 0.25) is 0 Å². The zero-order valence-electron chi connectivity index (χ0n) is 18.6. The molecule has 1 aromatic carbocycles. The van der Waals surface area contributed by atoms with Crippen LogP contribution in [-0.4, -0.2) is 48.8 Å². The van der Waals surface area contributed by atoms with Crippen LogP contribution in [0.5, 0.6) is 0 Å². The molecule has 0 radical (unpaired) electrons. The van der Waals surface area contributed by atoms with E-state index in [1.807, 2.05) is 53.7 Å². The van der Waals surface area contributed by atoms with E-state index in [1.54, 1.807) is 6.92 Å². The number of ether oxygens (including phenoxy) is 1. The molecule has 0 amide bonds. The first-order valence-corrected chi connectivity index (χ1v) is 10.3. The predicted molar refractivity (Wildman–Crippen MR) is 113 cm³/mol. The first-order chi connectivity index (χ1) is 13.4. The van der Waals surface area contributed by atoms with Crippen LogP contribution in [0.15, 0.2) is 12.1 Å². The Morgan fingerprint density at radius 2 is 1.59 bits per heavy atom. The summed E-state index contributed by atoms with van der Waals surface area (Å²) in [6.45, 7) is 14.2. The smallest absolute Gasteiger partial charge is 0.465 e. The number of benzene rings is 1. The third-order valence-electron chi connectivity index (χ3n) is 6.36. The highest BCUT2D eigenvalue weighted by molar-refractivity contribution is 6.62. The van der Waals surface area contributed by atoms with Gasteiger partial charge in [0.15, 0.2) is 5.78 Å². The van der Waals surface area contributed by atoms with E-state index in [9.17, 15) is 9.59 Å². The van der Waals surface area contributed by atoms with Crippen LogP contribution in [0.4, 0.5) is 0 Å². The van der Waals surface area contributed by atoms with E-state index in [4.69, 9.17) is 14.0 Å². The number of aryl methyl sites for hydroxylation is 2. The molecule has 3 rings (SSSR count). The Balaban J connectivity index is 1.73. The quantitative estimate of drug-likeness (QED) is 0.430. The molecule has 1 aromatic rings. The Kier molecular flexibility index (Phi) is 5.71. The predicted octanol–water partition coefficient (Wildman–Crippen LogP) is 2.47. The monoisotopic (exact) mass is 401 g/mol. The third kappa shape index (κ3) is 4.13. The van der Waals surface area contributed by atoms with Crippen LogP contribution in [0.2, 0.25) is 0 Å². The zero-order valence-corrected chi connectivity index (χ0v) is 18.6. The standard InChI is InChI=1S/C22H32BNO5/c1-8-27-19(26)22(9-10-22)24-13-17(25)18-14(2)11-16(12-15(18)3)23-28-20(4,5)21(6,7)29-23/h11-12,24H,8-10,13H2,1-7H3. The summed E-state index contributed by atoms with van der Waals surface area (Å²) in [5, 5.41) is 3.13. The molecule has 2 fully saturated rings. The Hall–Kier alpha value is -1.70. The third-order valence-corrected chi connectivity index (χ3v) is 6.36. The molecule has 158 valence electrons. The number of hydrogen-bond acceptors (Lipinski definition) is 6. The summed E-state index contributed by atoms with van der Waals surface area (Å²) in [5.74, 6) is -0.298. The topological polar surface area (TPSA) is 73.9 Å². The molecule has 6 nitrogen and oxygen atoms in total. The first-order valence-electron chi connectivity index (χ1n) is 10.3. The fraction of sp³-hybridized carbons (Fsp3) is 0.636. The van der Waals surface area contributed by atoms with Crippen molar-refractivity contribution in [2.45, 2.75) is 78.0 Å². The van der Waals surface area contributed by atoms with Crippen molar-refractivity contribution in [1.29, 1.82) is 0 Å². The van der Waals surface area contributed by atoms with Gasteiger partial charge in [0.25, 0.3) is 0 Å². The maximum absolute atomic E-state index is 12.9. The van der Waals surface area contributed by atoms with Gasteiger partial charge in [0.1, 0.15) is 5.54 Å². The number of rotatable bonds is 7. The number of carbonyl (C=O) groups is 2. The highest BCUT2D eigenvalue weighted by Gasteiger charge is 2.52. The fourth-order valence-electron chi connectivity index (χ4n) is 3.74. The molecule has 2 aliphatic rings. The van der Waals surface area contributed by atoms with Gasteiger partial charge in [-0.1, -0.05) is 12.1 Å². The van der Waals surface area contributed by atoms with Gasteiger partial charge in [0.05, 0.1) is 24.4 Å². The van der Waals surface area contributed by atoms with Crippen molar-refractivity contribution in [1.82, 2.24) is 5.32 Å². The van der Waals surface area contributed by atoms with Crippen LogP contribution in [0, 0.1) is 13.8 Å². The second-order valence-electron chi connectivity index (χ2n) is 9.20. The molecule has 0 aromatic heterocycles. The van der Waals surface area contributed by atoms with E-state index in [0.717, 1.165) is 16.6 Å². The van der Waals surface area contributed by atoms with Crippen molar-refractivity contribution in [2.24, 2.45) is 0 Å². The average Bonchev–Trinajstić information content (AvgIpc) is 3.35. The second kappa shape index (κ2) is 7.53. The minimum absolute atomic E-state index is 0.0314. The SMILES string of the molecule is CCOC(=O)C1(NCC(=O)c2c(C)cc(B3OC(C)(C)C(C)(C)O3)cc2C)CC1. The normalized spacial score (nSPS) is 21.1. The van der Waals surface area contributed by atoms with Crippen molar-refractivity contribution < 1.29 is 23.6 Å². The largest absolute Gasteiger partial charge is 0.494 e. The lowest BCUT2D eigenvalue weighted by Gasteiger charge is -2.32. The Bertz CT molecular complexity index is 789. The molecule has 1 saturated carbocycles. The van der Waals surface area contributed by atoms with Crippen molar-refractivity contribution >= 4 is 24.3 Å². The van der Waals surface area contributed by atoms with Gasteiger partial charge >= 0.3 is 13.1 Å². The minimum atomic E-state index is -0.684. The lowest BCUT2D eigenvalue weighted by molar-refractivity contribution is -0.146. The van der Waals surface area contributed by atoms with Gasteiger partial charge in [-0.25, -0.2) is 0 Å². The number of carbonyl (C=O) groups excluding carboxylic acids is 2. The Morgan fingerprint density at radius 3 is 2.03 bits per heavy atom. The summed E-state index contributed by atoms with van der Waals surface area (Å²) in [5.41, 5.74) is 1.83. The summed E-state index contributed by atoms with van der Waals surface area (Å²) < 4.78 is 17.4. The molecule has 0 unspecified atom stereocenters. The van der Waals surface area contributed by atoms with Gasteiger partial charge in [0, 0.05) is 5.56 Å². The molecule has 1 aliphatic carbocycles. The summed E-state index contributed by atoms with van der Waals surface area (Å²) in [7, 11) is -0.460. The van der Waals surface area contributed by atoms with Crippen LogP contribution in [0.1, 0.15) is 68.9 Å². The fourth-order valence-corrected chi connectivity index (χ4v) is 3.74. The van der Waals surface area contributed by atoms with Gasteiger partial charge in [-0.15, -0.1) is 0 Å². The van der Waals surface area contributed by atoms with E-state index in [0.29, 0.717) is 25.0 Å². The summed E-state index contributed by atoms with van der Waals surface area (Å²) in [4.78, 5) is 25.0. The number of ketones is 1. The van der Waals surface area contributed by atoms with Crippen molar-refractivity contribution in [3.8, 4) is 0 Å². The van der Waals surface area contributed by atoms with Crippen molar-refractivity contribution in [3.05, 3.63) is 28.8 Å². The summed E-state index contributed by atoms with van der Waals surface area (Å²) in [6, 6.07) is 3.92. The highest BCUT2D eigenvalue weighted by atomic mass is 16.7. The maximum atomic E-state index is 12.9. The molecule has 1 heterocycles. The van der Waals surface area contributed by atoms with Gasteiger partial charge < -0.3 is 14.0 Å². The Morgan fingerprint density at radius 1 is 1.07 bits per heavy atom. The lowest BCUT2D eigenvalue weighted by Crippen LogP contribution is -2.43. The number of nitrogens with one attached hydrogen (secondary N) is 1. The molecular weight excluding hydrogens is 369 g/mol. The number of esters is 1. The summed E-state index contributed by atoms with van der Waals surface area (Å²) >= 11 is 0.